The fourth-order valence-corrected chi connectivity index (χ4v) is 1.86. The van der Waals surface area contributed by atoms with Crippen LogP contribution >= 0.6 is 0 Å². The van der Waals surface area contributed by atoms with Gasteiger partial charge in [-0.15, -0.1) is 0 Å². The number of H-pyrrole nitrogens is 1. The zero-order chi connectivity index (χ0) is 10.7. The third kappa shape index (κ3) is 2.15. The molecule has 0 aromatic carbocycles. The van der Waals surface area contributed by atoms with Crippen LogP contribution in [0, 0.1) is 0 Å². The van der Waals surface area contributed by atoms with Crippen LogP contribution in [0.3, 0.4) is 0 Å². The number of methoxy groups -OCH3 is 1. The van der Waals surface area contributed by atoms with Crippen molar-refractivity contribution in [3.63, 3.8) is 0 Å². The van der Waals surface area contributed by atoms with Crippen molar-refractivity contribution in [2.75, 3.05) is 13.7 Å². The van der Waals surface area contributed by atoms with Gasteiger partial charge in [-0.3, -0.25) is 4.79 Å². The first kappa shape index (κ1) is 10.1. The molecular weight excluding hydrogens is 196 g/mol. The minimum absolute atomic E-state index is 0.168. The van der Waals surface area contributed by atoms with E-state index in [-0.39, 0.29) is 12.0 Å². The first-order valence-corrected chi connectivity index (χ1v) is 4.98. The molecule has 0 spiro atoms. The zero-order valence-electron chi connectivity index (χ0n) is 8.56. The summed E-state index contributed by atoms with van der Waals surface area (Å²) in [5.74, 6) is 0.151. The van der Waals surface area contributed by atoms with Crippen LogP contribution in [0.1, 0.15) is 24.5 Å². The molecule has 0 aliphatic carbocycles. The average Bonchev–Trinajstić information content (AvgIpc) is 2.82. The summed E-state index contributed by atoms with van der Waals surface area (Å²) in [6.45, 7) is 0.742. The van der Waals surface area contributed by atoms with Crippen LogP contribution in [0.4, 0.5) is 0 Å². The van der Waals surface area contributed by atoms with Crippen LogP contribution in [0.15, 0.2) is 6.20 Å². The topological polar surface area (TPSA) is 79.9 Å². The molecule has 1 aliphatic heterocycles. The van der Waals surface area contributed by atoms with Crippen molar-refractivity contribution < 1.29 is 9.53 Å². The number of carbonyl (C=O) groups is 1. The van der Waals surface area contributed by atoms with Gasteiger partial charge in [-0.2, -0.15) is 15.4 Å². The molecule has 6 heteroatoms. The van der Waals surface area contributed by atoms with Crippen molar-refractivity contribution in [3.8, 4) is 0 Å². The molecular formula is C9H14N4O2. The fourth-order valence-electron chi connectivity index (χ4n) is 1.86. The summed E-state index contributed by atoms with van der Waals surface area (Å²) in [5, 5.41) is 13.6. The minimum atomic E-state index is -0.186. The molecule has 82 valence electrons. The monoisotopic (exact) mass is 210 g/mol. The van der Waals surface area contributed by atoms with Crippen LogP contribution in [0.25, 0.3) is 0 Å². The number of rotatable bonds is 2. The number of carbonyl (C=O) groups excluding carboxylic acids is 1. The SMILES string of the molecule is COC(=O)C1CCC(c2cn[nH]n2)CN1. The molecule has 2 atom stereocenters. The highest BCUT2D eigenvalue weighted by Crippen LogP contribution is 2.23. The molecule has 0 saturated carbocycles. The molecule has 6 nitrogen and oxygen atoms in total. The van der Waals surface area contributed by atoms with E-state index < -0.39 is 0 Å². The predicted molar refractivity (Wildman–Crippen MR) is 52.2 cm³/mol. The highest BCUT2D eigenvalue weighted by atomic mass is 16.5. The maximum atomic E-state index is 11.2. The van der Waals surface area contributed by atoms with Crippen molar-refractivity contribution in [2.45, 2.75) is 24.8 Å². The Morgan fingerprint density at radius 2 is 2.47 bits per heavy atom. The molecule has 2 N–H and O–H groups in total. The fraction of sp³-hybridized carbons (Fsp3) is 0.667. The second kappa shape index (κ2) is 4.39. The molecule has 2 unspecified atom stereocenters. The largest absolute Gasteiger partial charge is 0.468 e. The van der Waals surface area contributed by atoms with Gasteiger partial charge in [0.1, 0.15) is 6.04 Å². The predicted octanol–water partition coefficient (Wildman–Crippen LogP) is -0.187. The van der Waals surface area contributed by atoms with Gasteiger partial charge < -0.3 is 10.1 Å². The Bertz CT molecular complexity index is 317. The lowest BCUT2D eigenvalue weighted by atomic mass is 9.92. The van der Waals surface area contributed by atoms with Crippen molar-refractivity contribution >= 4 is 5.97 Å². The van der Waals surface area contributed by atoms with Gasteiger partial charge >= 0.3 is 5.97 Å². The summed E-state index contributed by atoms with van der Waals surface area (Å²) in [5.41, 5.74) is 0.950. The highest BCUT2D eigenvalue weighted by Gasteiger charge is 2.27. The molecule has 0 amide bonds. The van der Waals surface area contributed by atoms with Gasteiger partial charge in [-0.1, -0.05) is 0 Å². The summed E-state index contributed by atoms with van der Waals surface area (Å²) in [7, 11) is 1.41. The summed E-state index contributed by atoms with van der Waals surface area (Å²) in [6, 6.07) is -0.168. The Hall–Kier alpha value is -1.43. The molecule has 1 aliphatic rings. The number of ether oxygens (including phenoxy) is 1. The Morgan fingerprint density at radius 1 is 1.60 bits per heavy atom. The first-order chi connectivity index (χ1) is 7.31. The number of aromatic amines is 1. The van der Waals surface area contributed by atoms with Crippen molar-refractivity contribution in [2.24, 2.45) is 0 Å². The number of nitrogens with one attached hydrogen (secondary N) is 2. The summed E-state index contributed by atoms with van der Waals surface area (Å²) in [6.07, 6.45) is 3.44. The molecule has 2 heterocycles. The maximum Gasteiger partial charge on any atom is 0.322 e. The molecule has 0 radical (unpaired) electrons. The molecule has 1 saturated heterocycles. The van der Waals surface area contributed by atoms with Crippen LogP contribution in [0.5, 0.6) is 0 Å². The third-order valence-electron chi connectivity index (χ3n) is 2.75. The second-order valence-corrected chi connectivity index (χ2v) is 3.65. The Morgan fingerprint density at radius 3 is 3.00 bits per heavy atom. The zero-order valence-corrected chi connectivity index (χ0v) is 8.56. The van der Waals surface area contributed by atoms with E-state index in [2.05, 4.69) is 25.5 Å². The standard InChI is InChI=1S/C9H14N4O2/c1-15-9(14)7-3-2-6(4-10-7)8-5-11-13-12-8/h5-7,10H,2-4H2,1H3,(H,11,12,13). The number of hydrogen-bond donors (Lipinski definition) is 2. The van der Waals surface area contributed by atoms with Crippen LogP contribution < -0.4 is 5.32 Å². The van der Waals surface area contributed by atoms with Gasteiger partial charge in [0.05, 0.1) is 19.0 Å². The van der Waals surface area contributed by atoms with Gasteiger partial charge in [0.25, 0.3) is 0 Å². The molecule has 1 aromatic rings. The van der Waals surface area contributed by atoms with E-state index in [1.54, 1.807) is 6.20 Å². The van der Waals surface area contributed by atoms with E-state index in [1.165, 1.54) is 7.11 Å². The first-order valence-electron chi connectivity index (χ1n) is 4.98. The van der Waals surface area contributed by atoms with Gasteiger partial charge in [0.2, 0.25) is 0 Å². The van der Waals surface area contributed by atoms with Gasteiger partial charge in [0.15, 0.2) is 0 Å². The number of hydrogen-bond acceptors (Lipinski definition) is 5. The van der Waals surface area contributed by atoms with E-state index in [9.17, 15) is 4.79 Å². The Labute approximate surface area is 87.4 Å². The van der Waals surface area contributed by atoms with Crippen molar-refractivity contribution in [1.82, 2.24) is 20.7 Å². The number of aromatic nitrogens is 3. The van der Waals surface area contributed by atoms with Gasteiger partial charge in [-0.25, -0.2) is 0 Å². The van der Waals surface area contributed by atoms with Crippen LogP contribution in [-0.2, 0) is 9.53 Å². The number of nitrogens with zero attached hydrogens (tertiary/aromatic N) is 2. The van der Waals surface area contributed by atoms with Crippen LogP contribution in [-0.4, -0.2) is 41.1 Å². The number of piperidine rings is 1. The molecule has 15 heavy (non-hydrogen) atoms. The molecule has 1 aromatic heterocycles. The van der Waals surface area contributed by atoms with Crippen molar-refractivity contribution in [1.29, 1.82) is 0 Å². The second-order valence-electron chi connectivity index (χ2n) is 3.65. The average molecular weight is 210 g/mol. The van der Waals surface area contributed by atoms with Gasteiger partial charge in [-0.05, 0) is 12.8 Å². The quantitative estimate of drug-likeness (QED) is 0.661. The lowest BCUT2D eigenvalue weighted by Gasteiger charge is -2.26. The highest BCUT2D eigenvalue weighted by molar-refractivity contribution is 5.75. The van der Waals surface area contributed by atoms with E-state index in [1.807, 2.05) is 0 Å². The summed E-state index contributed by atoms with van der Waals surface area (Å²) < 4.78 is 4.68. The molecule has 1 fully saturated rings. The molecule has 2 rings (SSSR count). The van der Waals surface area contributed by atoms with E-state index in [0.717, 1.165) is 25.1 Å². The normalized spacial score (nSPS) is 26.2. The smallest absolute Gasteiger partial charge is 0.322 e. The Kier molecular flexibility index (Phi) is 2.96. The Balaban J connectivity index is 1.90. The van der Waals surface area contributed by atoms with Crippen LogP contribution in [0.2, 0.25) is 0 Å². The maximum absolute atomic E-state index is 11.2. The lowest BCUT2D eigenvalue weighted by Crippen LogP contribution is -2.43. The van der Waals surface area contributed by atoms with E-state index >= 15 is 0 Å². The van der Waals surface area contributed by atoms with E-state index in [0.29, 0.717) is 5.92 Å². The number of esters is 1. The summed E-state index contributed by atoms with van der Waals surface area (Å²) >= 11 is 0. The third-order valence-corrected chi connectivity index (χ3v) is 2.75. The minimum Gasteiger partial charge on any atom is -0.468 e. The van der Waals surface area contributed by atoms with E-state index in [4.69, 9.17) is 0 Å². The lowest BCUT2D eigenvalue weighted by molar-refractivity contribution is -0.143. The molecule has 0 bridgehead atoms. The summed E-state index contributed by atoms with van der Waals surface area (Å²) in [4.78, 5) is 11.2. The van der Waals surface area contributed by atoms with Gasteiger partial charge in [0, 0.05) is 12.5 Å². The van der Waals surface area contributed by atoms with Crippen molar-refractivity contribution in [3.05, 3.63) is 11.9 Å².